The maximum atomic E-state index is 12.7. The van der Waals surface area contributed by atoms with Crippen molar-refractivity contribution in [2.24, 2.45) is 0 Å². The molecule has 0 N–H and O–H groups in total. The zero-order chi connectivity index (χ0) is 12.5. The molecule has 3 nitrogen and oxygen atoms in total. The van der Waals surface area contributed by atoms with Crippen LogP contribution in [0.15, 0.2) is 24.3 Å². The van der Waals surface area contributed by atoms with Crippen molar-refractivity contribution in [1.82, 2.24) is 0 Å². The summed E-state index contributed by atoms with van der Waals surface area (Å²) in [6.45, 7) is 0.653. The van der Waals surface area contributed by atoms with Gasteiger partial charge in [-0.1, -0.05) is 12.1 Å². The summed E-state index contributed by atoms with van der Waals surface area (Å²) in [5.41, 5.74) is 1.15. The molecule has 0 aliphatic carbocycles. The van der Waals surface area contributed by atoms with E-state index in [1.807, 2.05) is 12.1 Å². The van der Waals surface area contributed by atoms with Gasteiger partial charge in [0, 0.05) is 20.8 Å². The molecule has 0 aliphatic rings. The Bertz CT molecular complexity index is 301. The fourth-order valence-corrected chi connectivity index (χ4v) is 2.32. The van der Waals surface area contributed by atoms with Gasteiger partial charge in [-0.25, -0.2) is 4.39 Å². The van der Waals surface area contributed by atoms with Crippen molar-refractivity contribution in [1.29, 1.82) is 0 Å². The van der Waals surface area contributed by atoms with Crippen LogP contribution < -0.4 is 0 Å². The van der Waals surface area contributed by atoms with E-state index in [4.69, 9.17) is 13.3 Å². The molecule has 0 saturated heterocycles. The first-order valence-corrected chi connectivity index (χ1v) is 7.09. The Morgan fingerprint density at radius 3 is 2.29 bits per heavy atom. The van der Waals surface area contributed by atoms with Gasteiger partial charge in [-0.2, -0.15) is 0 Å². The smallest absolute Gasteiger partial charge is 0.379 e. The molecule has 1 aromatic rings. The Morgan fingerprint density at radius 1 is 1.06 bits per heavy atom. The Hall–Kier alpha value is -0.753. The topological polar surface area (TPSA) is 27.7 Å². The van der Waals surface area contributed by atoms with Gasteiger partial charge in [0.2, 0.25) is 0 Å². The molecule has 0 saturated carbocycles. The lowest BCUT2D eigenvalue weighted by molar-refractivity contribution is 0.133. The molecule has 0 aliphatic heterocycles. The van der Waals surface area contributed by atoms with Gasteiger partial charge in [-0.15, -0.1) is 0 Å². The number of hydrogen-bond donors (Lipinski definition) is 0. The molecule has 0 unspecified atom stereocenters. The second-order valence-electron chi connectivity index (χ2n) is 3.71. The van der Waals surface area contributed by atoms with E-state index in [0.717, 1.165) is 24.8 Å². The second-order valence-corrected chi connectivity index (χ2v) is 5.57. The largest absolute Gasteiger partial charge is 0.483 e. The van der Waals surface area contributed by atoms with Crippen LogP contribution >= 0.6 is 0 Å². The summed E-state index contributed by atoms with van der Waals surface area (Å²) >= 11 is 0. The van der Waals surface area contributed by atoms with E-state index in [9.17, 15) is 4.39 Å². The third-order valence-electron chi connectivity index (χ3n) is 2.41. The average molecular weight is 258 g/mol. The Labute approximate surface area is 103 Å². The highest BCUT2D eigenvalue weighted by Gasteiger charge is 2.09. The van der Waals surface area contributed by atoms with Gasteiger partial charge in [0.05, 0.1) is 0 Å². The first-order chi connectivity index (χ1) is 8.26. The van der Waals surface area contributed by atoms with E-state index in [1.165, 1.54) is 12.1 Å². The average Bonchev–Trinajstić information content (AvgIpc) is 2.36. The summed E-state index contributed by atoms with van der Waals surface area (Å²) in [5.74, 6) is -0.189. The molecule has 1 rings (SSSR count). The zero-order valence-electron chi connectivity index (χ0n) is 10.3. The number of benzene rings is 1. The van der Waals surface area contributed by atoms with Crippen LogP contribution in [-0.4, -0.2) is 30.4 Å². The Morgan fingerprint density at radius 2 is 1.71 bits per heavy atom. The van der Waals surface area contributed by atoms with Gasteiger partial charge in [0.25, 0.3) is 0 Å². The molecule has 0 bridgehead atoms. The Balaban J connectivity index is 2.10. The number of unbranched alkanes of at least 4 members (excludes halogenated alkanes) is 1. The van der Waals surface area contributed by atoms with Gasteiger partial charge in [-0.3, -0.25) is 0 Å². The lowest BCUT2D eigenvalue weighted by Gasteiger charge is -2.11. The molecule has 5 heteroatoms. The maximum Gasteiger partial charge on any atom is 0.483 e. The van der Waals surface area contributed by atoms with E-state index in [2.05, 4.69) is 0 Å². The molecule has 17 heavy (non-hydrogen) atoms. The summed E-state index contributed by atoms with van der Waals surface area (Å²) in [5, 5.41) is 0. The van der Waals surface area contributed by atoms with Crippen molar-refractivity contribution in [3.05, 3.63) is 35.6 Å². The monoisotopic (exact) mass is 258 g/mol. The standard InChI is InChI=1S/C12H19FO3Si/c1-14-17(15-2)16-10-4-3-5-11-6-8-12(13)9-7-11/h6-9,17H,3-5,10H2,1-2H3. The third kappa shape index (κ3) is 5.93. The molecular formula is C12H19FO3Si. The molecule has 0 radical (unpaired) electrons. The fraction of sp³-hybridized carbons (Fsp3) is 0.500. The second kappa shape index (κ2) is 8.35. The van der Waals surface area contributed by atoms with Crippen molar-refractivity contribution >= 4 is 9.53 Å². The lowest BCUT2D eigenvalue weighted by Crippen LogP contribution is -2.24. The highest BCUT2D eigenvalue weighted by atomic mass is 28.3. The minimum atomic E-state index is -1.86. The molecule has 0 heterocycles. The minimum absolute atomic E-state index is 0.189. The Kier molecular flexibility index (Phi) is 7.03. The van der Waals surface area contributed by atoms with Crippen molar-refractivity contribution in [2.75, 3.05) is 20.8 Å². The highest BCUT2D eigenvalue weighted by molar-refractivity contribution is 6.36. The SMILES string of the molecule is CO[SiH](OC)OCCCCc1ccc(F)cc1. The summed E-state index contributed by atoms with van der Waals surface area (Å²) in [6.07, 6.45) is 2.91. The van der Waals surface area contributed by atoms with E-state index in [0.29, 0.717) is 6.61 Å². The summed E-state index contributed by atoms with van der Waals surface area (Å²) in [6, 6.07) is 6.62. The van der Waals surface area contributed by atoms with Crippen molar-refractivity contribution in [2.45, 2.75) is 19.3 Å². The molecular weight excluding hydrogens is 239 g/mol. The van der Waals surface area contributed by atoms with E-state index in [-0.39, 0.29) is 5.82 Å². The normalized spacial score (nSPS) is 11.1. The van der Waals surface area contributed by atoms with Crippen LogP contribution in [0, 0.1) is 5.82 Å². The number of aryl methyl sites for hydroxylation is 1. The van der Waals surface area contributed by atoms with Crippen LogP contribution in [0.3, 0.4) is 0 Å². The van der Waals surface area contributed by atoms with E-state index in [1.54, 1.807) is 14.2 Å². The van der Waals surface area contributed by atoms with Crippen molar-refractivity contribution in [3.8, 4) is 0 Å². The summed E-state index contributed by atoms with van der Waals surface area (Å²) < 4.78 is 28.1. The van der Waals surface area contributed by atoms with Gasteiger partial charge in [-0.05, 0) is 37.0 Å². The quantitative estimate of drug-likeness (QED) is 0.528. The maximum absolute atomic E-state index is 12.7. The zero-order valence-corrected chi connectivity index (χ0v) is 11.5. The molecule has 0 fully saturated rings. The molecule has 96 valence electrons. The van der Waals surface area contributed by atoms with Crippen molar-refractivity contribution < 1.29 is 17.7 Å². The predicted molar refractivity (Wildman–Crippen MR) is 66.5 cm³/mol. The van der Waals surface area contributed by atoms with Crippen LogP contribution in [0.4, 0.5) is 4.39 Å². The van der Waals surface area contributed by atoms with Crippen molar-refractivity contribution in [3.63, 3.8) is 0 Å². The molecule has 0 spiro atoms. The van der Waals surface area contributed by atoms with Crippen LogP contribution in [0.2, 0.25) is 0 Å². The third-order valence-corrected chi connectivity index (χ3v) is 3.69. The van der Waals surface area contributed by atoms with E-state index >= 15 is 0 Å². The number of hydrogen-bond acceptors (Lipinski definition) is 3. The van der Waals surface area contributed by atoms with Gasteiger partial charge >= 0.3 is 9.53 Å². The lowest BCUT2D eigenvalue weighted by atomic mass is 10.1. The number of halogens is 1. The molecule has 0 amide bonds. The van der Waals surface area contributed by atoms with Gasteiger partial charge < -0.3 is 13.3 Å². The first kappa shape index (κ1) is 14.3. The van der Waals surface area contributed by atoms with Crippen LogP contribution in [-0.2, 0) is 19.7 Å². The van der Waals surface area contributed by atoms with Gasteiger partial charge in [0.1, 0.15) is 5.82 Å². The molecule has 1 aromatic carbocycles. The molecule has 0 aromatic heterocycles. The summed E-state index contributed by atoms with van der Waals surface area (Å²) in [4.78, 5) is 0. The van der Waals surface area contributed by atoms with Gasteiger partial charge in [0.15, 0.2) is 0 Å². The minimum Gasteiger partial charge on any atom is -0.379 e. The summed E-state index contributed by atoms with van der Waals surface area (Å²) in [7, 11) is 1.33. The van der Waals surface area contributed by atoms with Crippen LogP contribution in [0.25, 0.3) is 0 Å². The first-order valence-electron chi connectivity index (χ1n) is 5.68. The highest BCUT2D eigenvalue weighted by Crippen LogP contribution is 2.07. The fourth-order valence-electron chi connectivity index (χ4n) is 1.49. The van der Waals surface area contributed by atoms with Crippen LogP contribution in [0.5, 0.6) is 0 Å². The number of rotatable bonds is 8. The van der Waals surface area contributed by atoms with E-state index < -0.39 is 9.53 Å². The predicted octanol–water partition coefficient (Wildman–Crippen LogP) is 2.17. The van der Waals surface area contributed by atoms with Crippen LogP contribution in [0.1, 0.15) is 18.4 Å². The molecule has 0 atom stereocenters.